The van der Waals surface area contributed by atoms with Crippen LogP contribution in [-0.2, 0) is 4.79 Å². The first-order valence-electron chi connectivity index (χ1n) is 6.49. The fourth-order valence-electron chi connectivity index (χ4n) is 2.22. The molecule has 1 aliphatic rings. The zero-order valence-electron chi connectivity index (χ0n) is 11.1. The van der Waals surface area contributed by atoms with E-state index in [-0.39, 0.29) is 24.4 Å². The molecule has 112 valence electrons. The van der Waals surface area contributed by atoms with Crippen LogP contribution in [0.15, 0.2) is 29.6 Å². The Morgan fingerprint density at radius 1 is 1.43 bits per heavy atom. The standard InChI is InChI=1S/C14H14ClN3OS.ClH/c15-10-5-2-1-4-9(10)12-8-20-14(17-12)18-13(19)11-6-3-7-16-11;/h1-2,4-5,8,11,16H,3,6-7H2,(H,17,18,19);1H. The fraction of sp³-hybridized carbons (Fsp3) is 0.286. The van der Waals surface area contributed by atoms with E-state index in [0.717, 1.165) is 30.6 Å². The number of aromatic nitrogens is 1. The highest BCUT2D eigenvalue weighted by Crippen LogP contribution is 2.30. The number of benzene rings is 1. The summed E-state index contributed by atoms with van der Waals surface area (Å²) >= 11 is 7.56. The second-order valence-corrected chi connectivity index (χ2v) is 5.92. The summed E-state index contributed by atoms with van der Waals surface area (Å²) in [6.45, 7) is 0.904. The second kappa shape index (κ2) is 7.22. The van der Waals surface area contributed by atoms with Gasteiger partial charge in [0.25, 0.3) is 0 Å². The topological polar surface area (TPSA) is 54.0 Å². The number of anilines is 1. The molecule has 0 saturated carbocycles. The Morgan fingerprint density at radius 2 is 2.24 bits per heavy atom. The summed E-state index contributed by atoms with van der Waals surface area (Å²) in [5.41, 5.74) is 1.67. The molecule has 4 nitrogen and oxygen atoms in total. The Balaban J connectivity index is 0.00000161. The van der Waals surface area contributed by atoms with Crippen LogP contribution in [0, 0.1) is 0 Å². The number of amides is 1. The number of hydrogen-bond acceptors (Lipinski definition) is 4. The van der Waals surface area contributed by atoms with Crippen LogP contribution in [0.4, 0.5) is 5.13 Å². The van der Waals surface area contributed by atoms with Crippen molar-refractivity contribution in [1.29, 1.82) is 0 Å². The van der Waals surface area contributed by atoms with Gasteiger partial charge in [0.05, 0.1) is 11.7 Å². The van der Waals surface area contributed by atoms with Crippen LogP contribution in [0.5, 0.6) is 0 Å². The Bertz CT molecular complexity index is 626. The maximum Gasteiger partial charge on any atom is 0.243 e. The minimum Gasteiger partial charge on any atom is -0.306 e. The van der Waals surface area contributed by atoms with Gasteiger partial charge < -0.3 is 10.6 Å². The number of halogens is 2. The zero-order chi connectivity index (χ0) is 13.9. The normalized spacial score (nSPS) is 17.3. The van der Waals surface area contributed by atoms with Gasteiger partial charge in [-0.3, -0.25) is 4.79 Å². The highest BCUT2D eigenvalue weighted by Gasteiger charge is 2.22. The van der Waals surface area contributed by atoms with Crippen molar-refractivity contribution in [2.45, 2.75) is 18.9 Å². The van der Waals surface area contributed by atoms with Gasteiger partial charge in [-0.05, 0) is 25.5 Å². The van der Waals surface area contributed by atoms with Gasteiger partial charge in [0.1, 0.15) is 0 Å². The molecule has 7 heteroatoms. The molecule has 1 aromatic carbocycles. The van der Waals surface area contributed by atoms with Gasteiger partial charge in [0, 0.05) is 16.0 Å². The van der Waals surface area contributed by atoms with Crippen LogP contribution >= 0.6 is 35.3 Å². The van der Waals surface area contributed by atoms with Crippen LogP contribution in [0.3, 0.4) is 0 Å². The van der Waals surface area contributed by atoms with Gasteiger partial charge in [-0.15, -0.1) is 23.7 Å². The van der Waals surface area contributed by atoms with E-state index in [1.54, 1.807) is 0 Å². The lowest BCUT2D eigenvalue weighted by Crippen LogP contribution is -2.35. The molecule has 2 aromatic rings. The van der Waals surface area contributed by atoms with E-state index in [0.29, 0.717) is 10.2 Å². The summed E-state index contributed by atoms with van der Waals surface area (Å²) in [7, 11) is 0. The maximum atomic E-state index is 12.0. The SMILES string of the molecule is Cl.O=C(Nc1nc(-c2ccccc2Cl)cs1)C1CCCN1. The lowest BCUT2D eigenvalue weighted by atomic mass is 10.2. The van der Waals surface area contributed by atoms with Crippen molar-refractivity contribution in [1.82, 2.24) is 10.3 Å². The lowest BCUT2D eigenvalue weighted by molar-refractivity contribution is -0.117. The second-order valence-electron chi connectivity index (χ2n) is 4.66. The number of nitrogens with zero attached hydrogens (tertiary/aromatic N) is 1. The van der Waals surface area contributed by atoms with E-state index in [9.17, 15) is 4.79 Å². The Morgan fingerprint density at radius 3 is 2.95 bits per heavy atom. The Kier molecular flexibility index (Phi) is 5.58. The van der Waals surface area contributed by atoms with Gasteiger partial charge in [-0.2, -0.15) is 0 Å². The quantitative estimate of drug-likeness (QED) is 0.895. The third kappa shape index (κ3) is 3.74. The van der Waals surface area contributed by atoms with Crippen LogP contribution < -0.4 is 10.6 Å². The number of carbonyl (C=O) groups excluding carboxylic acids is 1. The molecule has 0 radical (unpaired) electrons. The van der Waals surface area contributed by atoms with Gasteiger partial charge in [0.2, 0.25) is 5.91 Å². The Hall–Kier alpha value is -1.14. The van der Waals surface area contributed by atoms with E-state index >= 15 is 0 Å². The molecule has 1 aliphatic heterocycles. The third-order valence-corrected chi connectivity index (χ3v) is 4.35. The van der Waals surface area contributed by atoms with Crippen LogP contribution in [-0.4, -0.2) is 23.5 Å². The van der Waals surface area contributed by atoms with Crippen molar-refractivity contribution in [3.05, 3.63) is 34.7 Å². The first-order chi connectivity index (χ1) is 9.74. The average molecular weight is 344 g/mol. The van der Waals surface area contributed by atoms with Crippen molar-refractivity contribution < 1.29 is 4.79 Å². The zero-order valence-corrected chi connectivity index (χ0v) is 13.5. The molecule has 2 heterocycles. The molecule has 0 bridgehead atoms. The highest BCUT2D eigenvalue weighted by molar-refractivity contribution is 7.14. The van der Waals surface area contributed by atoms with E-state index < -0.39 is 0 Å². The molecule has 21 heavy (non-hydrogen) atoms. The van der Waals surface area contributed by atoms with Gasteiger partial charge in [0.15, 0.2) is 5.13 Å². The molecular weight excluding hydrogens is 329 g/mol. The molecule has 0 aliphatic carbocycles. The predicted octanol–water partition coefficient (Wildman–Crippen LogP) is 3.58. The molecule has 1 fully saturated rings. The molecule has 1 amide bonds. The molecule has 0 spiro atoms. The summed E-state index contributed by atoms with van der Waals surface area (Å²) < 4.78 is 0. The van der Waals surface area contributed by atoms with Crippen molar-refractivity contribution in [2.24, 2.45) is 0 Å². The van der Waals surface area contributed by atoms with Crippen LogP contribution in [0.1, 0.15) is 12.8 Å². The number of hydrogen-bond donors (Lipinski definition) is 2. The first kappa shape index (κ1) is 16.2. The minimum absolute atomic E-state index is 0. The predicted molar refractivity (Wildman–Crippen MR) is 89.5 cm³/mol. The molecule has 1 atom stereocenters. The van der Waals surface area contributed by atoms with Crippen LogP contribution in [0.25, 0.3) is 11.3 Å². The van der Waals surface area contributed by atoms with Gasteiger partial charge in [-0.25, -0.2) is 4.98 Å². The summed E-state index contributed by atoms with van der Waals surface area (Å²) in [4.78, 5) is 16.4. The monoisotopic (exact) mass is 343 g/mol. The molecule has 3 rings (SSSR count). The maximum absolute atomic E-state index is 12.0. The van der Waals surface area contributed by atoms with E-state index in [4.69, 9.17) is 11.6 Å². The number of carbonyl (C=O) groups is 1. The van der Waals surface area contributed by atoms with Gasteiger partial charge >= 0.3 is 0 Å². The Labute approximate surface area is 138 Å². The molecule has 1 saturated heterocycles. The van der Waals surface area contributed by atoms with E-state index in [1.807, 2.05) is 29.6 Å². The van der Waals surface area contributed by atoms with Crippen molar-refractivity contribution in [3.8, 4) is 11.3 Å². The number of rotatable bonds is 3. The van der Waals surface area contributed by atoms with E-state index in [2.05, 4.69) is 15.6 Å². The highest BCUT2D eigenvalue weighted by atomic mass is 35.5. The fourth-order valence-corrected chi connectivity index (χ4v) is 3.17. The summed E-state index contributed by atoms with van der Waals surface area (Å²) in [5.74, 6) is -0.0115. The van der Waals surface area contributed by atoms with Gasteiger partial charge in [-0.1, -0.05) is 29.8 Å². The van der Waals surface area contributed by atoms with Crippen molar-refractivity contribution >= 4 is 46.4 Å². The largest absolute Gasteiger partial charge is 0.306 e. The third-order valence-electron chi connectivity index (χ3n) is 3.26. The van der Waals surface area contributed by atoms with Crippen molar-refractivity contribution in [3.63, 3.8) is 0 Å². The summed E-state index contributed by atoms with van der Waals surface area (Å²) in [6.07, 6.45) is 1.93. The average Bonchev–Trinajstić information content (AvgIpc) is 3.10. The molecule has 1 unspecified atom stereocenters. The van der Waals surface area contributed by atoms with Crippen LogP contribution in [0.2, 0.25) is 5.02 Å². The molecule has 1 aromatic heterocycles. The molecular formula is C14H15Cl2N3OS. The lowest BCUT2D eigenvalue weighted by Gasteiger charge is -2.08. The minimum atomic E-state index is -0.0948. The number of thiazole rings is 1. The first-order valence-corrected chi connectivity index (χ1v) is 7.74. The van der Waals surface area contributed by atoms with Crippen molar-refractivity contribution in [2.75, 3.05) is 11.9 Å². The smallest absolute Gasteiger partial charge is 0.243 e. The number of nitrogens with one attached hydrogen (secondary N) is 2. The summed E-state index contributed by atoms with van der Waals surface area (Å²) in [5, 5.41) is 9.20. The molecule has 2 N–H and O–H groups in total. The van der Waals surface area contributed by atoms with E-state index in [1.165, 1.54) is 11.3 Å². The summed E-state index contributed by atoms with van der Waals surface area (Å²) in [6, 6.07) is 7.45.